The summed E-state index contributed by atoms with van der Waals surface area (Å²) in [4.78, 5) is 22.9. The lowest BCUT2D eigenvalue weighted by atomic mass is 10.1. The maximum Gasteiger partial charge on any atom is 0.301 e. The largest absolute Gasteiger partial charge is 0.372 e. The van der Waals surface area contributed by atoms with E-state index in [0.717, 1.165) is 24.7 Å². The van der Waals surface area contributed by atoms with E-state index in [1.165, 1.54) is 37.1 Å². The number of anilines is 2. The summed E-state index contributed by atoms with van der Waals surface area (Å²) in [7, 11) is 0. The van der Waals surface area contributed by atoms with Crippen LogP contribution in [0.25, 0.3) is 0 Å². The Hall–Kier alpha value is -3.49. The minimum absolute atomic E-state index is 0.0896. The van der Waals surface area contributed by atoms with Crippen LogP contribution in [-0.4, -0.2) is 29.2 Å². The molecule has 0 atom stereocenters. The first-order valence-corrected chi connectivity index (χ1v) is 8.61. The van der Waals surface area contributed by atoms with E-state index in [-0.39, 0.29) is 11.4 Å². The molecule has 2 aromatic rings. The van der Waals surface area contributed by atoms with Crippen LogP contribution in [0.4, 0.5) is 22.7 Å². The first-order valence-electron chi connectivity index (χ1n) is 8.61. The van der Waals surface area contributed by atoms with Crippen molar-refractivity contribution in [2.24, 2.45) is 5.10 Å². The van der Waals surface area contributed by atoms with Gasteiger partial charge in [-0.05, 0) is 43.0 Å². The monoisotopic (exact) mass is 369 g/mol. The fraction of sp³-hybridized carbons (Fsp3) is 0.278. The highest BCUT2D eigenvalue weighted by Gasteiger charge is 2.19. The lowest BCUT2D eigenvalue weighted by molar-refractivity contribution is -0.393. The highest BCUT2D eigenvalue weighted by Crippen LogP contribution is 2.28. The average Bonchev–Trinajstić information content (AvgIpc) is 2.69. The molecule has 27 heavy (non-hydrogen) atoms. The fourth-order valence-electron chi connectivity index (χ4n) is 2.98. The van der Waals surface area contributed by atoms with Crippen molar-refractivity contribution in [3.8, 4) is 0 Å². The van der Waals surface area contributed by atoms with E-state index in [1.807, 2.05) is 24.3 Å². The molecule has 0 bridgehead atoms. The Kier molecular flexibility index (Phi) is 5.60. The quantitative estimate of drug-likeness (QED) is 0.469. The second-order valence-electron chi connectivity index (χ2n) is 6.22. The number of piperidine rings is 1. The Balaban J connectivity index is 1.68. The van der Waals surface area contributed by atoms with Crippen LogP contribution in [0.1, 0.15) is 24.8 Å². The fourth-order valence-corrected chi connectivity index (χ4v) is 2.98. The third kappa shape index (κ3) is 4.57. The number of benzene rings is 2. The molecule has 9 nitrogen and oxygen atoms in total. The second-order valence-corrected chi connectivity index (χ2v) is 6.22. The lowest BCUT2D eigenvalue weighted by Gasteiger charge is -2.28. The van der Waals surface area contributed by atoms with Crippen molar-refractivity contribution >= 4 is 29.0 Å². The van der Waals surface area contributed by atoms with Gasteiger partial charge in [0.15, 0.2) is 0 Å². The number of hydrazone groups is 1. The van der Waals surface area contributed by atoms with Crippen LogP contribution in [0.2, 0.25) is 0 Å². The topological polar surface area (TPSA) is 114 Å². The molecule has 0 spiro atoms. The number of hydrogen-bond acceptors (Lipinski definition) is 7. The van der Waals surface area contributed by atoms with Crippen molar-refractivity contribution in [1.29, 1.82) is 0 Å². The molecular weight excluding hydrogens is 350 g/mol. The van der Waals surface area contributed by atoms with Gasteiger partial charge in [0.05, 0.1) is 22.1 Å². The zero-order valence-corrected chi connectivity index (χ0v) is 14.6. The maximum absolute atomic E-state index is 11.1. The number of hydrogen-bond donors (Lipinski definition) is 1. The van der Waals surface area contributed by atoms with Crippen LogP contribution in [0, 0.1) is 20.2 Å². The van der Waals surface area contributed by atoms with Crippen LogP contribution in [0.15, 0.2) is 47.6 Å². The van der Waals surface area contributed by atoms with Gasteiger partial charge in [0.2, 0.25) is 0 Å². The molecule has 0 aromatic heterocycles. The predicted octanol–water partition coefficient (Wildman–Crippen LogP) is 3.94. The smallest absolute Gasteiger partial charge is 0.301 e. The van der Waals surface area contributed by atoms with Gasteiger partial charge >= 0.3 is 5.69 Å². The number of nitro groups is 2. The van der Waals surface area contributed by atoms with Gasteiger partial charge in [-0.2, -0.15) is 5.10 Å². The molecule has 0 unspecified atom stereocenters. The molecule has 3 rings (SSSR count). The van der Waals surface area contributed by atoms with E-state index in [0.29, 0.717) is 0 Å². The first kappa shape index (κ1) is 18.3. The summed E-state index contributed by atoms with van der Waals surface area (Å²) in [6.07, 6.45) is 5.25. The van der Waals surface area contributed by atoms with Crippen LogP contribution in [0.3, 0.4) is 0 Å². The highest BCUT2D eigenvalue weighted by atomic mass is 16.6. The van der Waals surface area contributed by atoms with E-state index in [4.69, 9.17) is 0 Å². The van der Waals surface area contributed by atoms with Crippen molar-refractivity contribution in [2.75, 3.05) is 23.4 Å². The Labute approximate surface area is 155 Å². The molecule has 1 aliphatic heterocycles. The number of nitrogens with one attached hydrogen (secondary N) is 1. The zero-order chi connectivity index (χ0) is 19.2. The van der Waals surface area contributed by atoms with Crippen LogP contribution >= 0.6 is 0 Å². The van der Waals surface area contributed by atoms with Crippen LogP contribution < -0.4 is 10.3 Å². The molecule has 1 aliphatic rings. The number of rotatable bonds is 6. The highest BCUT2D eigenvalue weighted by molar-refractivity contribution is 5.81. The molecule has 2 aromatic carbocycles. The summed E-state index contributed by atoms with van der Waals surface area (Å²) >= 11 is 0. The average molecular weight is 369 g/mol. The molecule has 0 radical (unpaired) electrons. The molecule has 0 saturated carbocycles. The normalized spacial score (nSPS) is 14.3. The summed E-state index contributed by atoms with van der Waals surface area (Å²) in [5.41, 5.74) is 3.94. The predicted molar refractivity (Wildman–Crippen MR) is 103 cm³/mol. The molecule has 1 N–H and O–H groups in total. The first-order chi connectivity index (χ1) is 13.0. The Bertz CT molecular complexity index is 861. The van der Waals surface area contributed by atoms with Crippen LogP contribution in [-0.2, 0) is 0 Å². The lowest BCUT2D eigenvalue weighted by Crippen LogP contribution is -2.29. The molecule has 1 saturated heterocycles. The molecular formula is C18H19N5O4. The SMILES string of the molecule is O=[N+]([O-])c1ccc(N/N=C\c2ccc(N3CCCCC3)cc2)c([N+](=O)[O-])c1. The molecule has 9 heteroatoms. The van der Waals surface area contributed by atoms with E-state index < -0.39 is 15.5 Å². The van der Waals surface area contributed by atoms with Crippen LogP contribution in [0.5, 0.6) is 0 Å². The molecule has 140 valence electrons. The molecule has 0 amide bonds. The standard InChI is InChI=1S/C18H19N5O4/c24-22(25)16-8-9-17(18(12-16)23(26)27)20-19-13-14-4-6-15(7-5-14)21-10-2-1-3-11-21/h4-9,12-13,20H,1-3,10-11H2/b19-13-. The van der Waals surface area contributed by atoms with Gasteiger partial charge in [-0.3, -0.25) is 25.7 Å². The van der Waals surface area contributed by atoms with E-state index >= 15 is 0 Å². The van der Waals surface area contributed by atoms with Gasteiger partial charge in [-0.1, -0.05) is 12.1 Å². The minimum Gasteiger partial charge on any atom is -0.372 e. The third-order valence-electron chi connectivity index (χ3n) is 4.40. The van der Waals surface area contributed by atoms with E-state index in [1.54, 1.807) is 6.21 Å². The number of non-ortho nitro benzene ring substituents is 1. The summed E-state index contributed by atoms with van der Waals surface area (Å²) in [5.74, 6) is 0. The van der Waals surface area contributed by atoms with Gasteiger partial charge < -0.3 is 4.90 Å². The van der Waals surface area contributed by atoms with Crippen molar-refractivity contribution in [2.45, 2.75) is 19.3 Å². The van der Waals surface area contributed by atoms with Crippen molar-refractivity contribution in [1.82, 2.24) is 0 Å². The minimum atomic E-state index is -0.682. The number of nitrogens with zero attached hydrogens (tertiary/aromatic N) is 4. The van der Waals surface area contributed by atoms with Gasteiger partial charge in [0.1, 0.15) is 5.69 Å². The van der Waals surface area contributed by atoms with E-state index in [9.17, 15) is 20.2 Å². The summed E-state index contributed by atoms with van der Waals surface area (Å²) in [5, 5.41) is 25.9. The number of nitro benzene ring substituents is 2. The second kappa shape index (κ2) is 8.26. The summed E-state index contributed by atoms with van der Waals surface area (Å²) in [6.45, 7) is 2.14. The summed E-state index contributed by atoms with van der Waals surface area (Å²) in [6, 6.07) is 11.3. The Morgan fingerprint density at radius 3 is 2.30 bits per heavy atom. The van der Waals surface area contributed by atoms with Gasteiger partial charge in [-0.15, -0.1) is 0 Å². The van der Waals surface area contributed by atoms with Gasteiger partial charge in [0, 0.05) is 24.8 Å². The molecule has 1 fully saturated rings. The van der Waals surface area contributed by atoms with Crippen molar-refractivity contribution < 1.29 is 9.85 Å². The Morgan fingerprint density at radius 1 is 0.963 bits per heavy atom. The Morgan fingerprint density at radius 2 is 1.67 bits per heavy atom. The van der Waals surface area contributed by atoms with E-state index in [2.05, 4.69) is 15.4 Å². The molecule has 1 heterocycles. The van der Waals surface area contributed by atoms with Gasteiger partial charge in [-0.25, -0.2) is 0 Å². The van der Waals surface area contributed by atoms with Crippen molar-refractivity contribution in [3.05, 3.63) is 68.3 Å². The third-order valence-corrected chi connectivity index (χ3v) is 4.40. The van der Waals surface area contributed by atoms with Gasteiger partial charge in [0.25, 0.3) is 5.69 Å². The summed E-state index contributed by atoms with van der Waals surface area (Å²) < 4.78 is 0. The maximum atomic E-state index is 11.1. The zero-order valence-electron chi connectivity index (χ0n) is 14.6. The van der Waals surface area contributed by atoms with Crippen molar-refractivity contribution in [3.63, 3.8) is 0 Å². The molecule has 0 aliphatic carbocycles.